The summed E-state index contributed by atoms with van der Waals surface area (Å²) in [6.07, 6.45) is -0.595. The van der Waals surface area contributed by atoms with E-state index in [1.807, 2.05) is 30.3 Å². The molecule has 2 aromatic carbocycles. The molecule has 0 saturated heterocycles. The van der Waals surface area contributed by atoms with Crippen molar-refractivity contribution in [1.82, 2.24) is 0 Å². The third-order valence-corrected chi connectivity index (χ3v) is 4.08. The Morgan fingerprint density at radius 1 is 1.10 bits per heavy atom. The first-order chi connectivity index (χ1) is 10.3. The van der Waals surface area contributed by atoms with Crippen molar-refractivity contribution >= 4 is 22.9 Å². The second kappa shape index (κ2) is 5.81. The van der Waals surface area contributed by atoms with Gasteiger partial charge in [-0.1, -0.05) is 54.2 Å². The average molecular weight is 294 g/mol. The van der Waals surface area contributed by atoms with Crippen molar-refractivity contribution in [3.05, 3.63) is 71.3 Å². The van der Waals surface area contributed by atoms with Gasteiger partial charge in [-0.3, -0.25) is 0 Å². The fourth-order valence-corrected chi connectivity index (χ4v) is 2.94. The van der Waals surface area contributed by atoms with Gasteiger partial charge in [-0.05, 0) is 12.1 Å². The number of carbonyl (C=O) groups excluding carboxylic acids is 1. The van der Waals surface area contributed by atoms with E-state index in [0.717, 1.165) is 11.1 Å². The average Bonchev–Trinajstić information content (AvgIpc) is 2.55. The summed E-state index contributed by atoms with van der Waals surface area (Å²) in [5.74, 6) is 0. The number of benzene rings is 2. The largest absolute Gasteiger partial charge is 0.436 e. The second-order valence-corrected chi connectivity index (χ2v) is 5.40. The van der Waals surface area contributed by atoms with Gasteiger partial charge < -0.3 is 4.74 Å². The SMILES string of the molecule is N#Cc1ccc(C2OC(=O)N=C(c3ccccc3)S2)cc1. The van der Waals surface area contributed by atoms with Crippen LogP contribution >= 0.6 is 11.8 Å². The molecule has 2 aromatic rings. The minimum absolute atomic E-state index is 0.446. The van der Waals surface area contributed by atoms with E-state index in [1.54, 1.807) is 24.3 Å². The highest BCUT2D eigenvalue weighted by atomic mass is 32.2. The lowest BCUT2D eigenvalue weighted by atomic mass is 10.1. The molecule has 102 valence electrons. The lowest BCUT2D eigenvalue weighted by Crippen LogP contribution is -2.16. The van der Waals surface area contributed by atoms with Gasteiger partial charge in [-0.15, -0.1) is 0 Å². The molecular formula is C16H10N2O2S. The highest BCUT2D eigenvalue weighted by molar-refractivity contribution is 8.14. The van der Waals surface area contributed by atoms with E-state index < -0.39 is 11.5 Å². The molecule has 21 heavy (non-hydrogen) atoms. The third-order valence-electron chi connectivity index (χ3n) is 2.95. The summed E-state index contributed by atoms with van der Waals surface area (Å²) in [7, 11) is 0. The first kappa shape index (κ1) is 13.4. The number of amides is 1. The van der Waals surface area contributed by atoms with E-state index in [-0.39, 0.29) is 0 Å². The zero-order chi connectivity index (χ0) is 14.7. The molecule has 0 saturated carbocycles. The van der Waals surface area contributed by atoms with Gasteiger partial charge >= 0.3 is 6.09 Å². The summed E-state index contributed by atoms with van der Waals surface area (Å²) >= 11 is 1.38. The number of hydrogen-bond donors (Lipinski definition) is 0. The Kier molecular flexibility index (Phi) is 3.71. The van der Waals surface area contributed by atoms with E-state index in [2.05, 4.69) is 11.1 Å². The van der Waals surface area contributed by atoms with E-state index in [4.69, 9.17) is 10.00 Å². The molecule has 1 aliphatic heterocycles. The molecule has 1 atom stereocenters. The Hall–Kier alpha value is -2.58. The summed E-state index contributed by atoms with van der Waals surface area (Å²) in [5.41, 5.74) is 1.84. The van der Waals surface area contributed by atoms with Gasteiger partial charge in [-0.25, -0.2) is 4.79 Å². The van der Waals surface area contributed by atoms with Gasteiger partial charge in [0.05, 0.1) is 11.6 Å². The predicted molar refractivity (Wildman–Crippen MR) is 80.9 cm³/mol. The van der Waals surface area contributed by atoms with Crippen LogP contribution in [0.3, 0.4) is 0 Å². The molecule has 1 heterocycles. The van der Waals surface area contributed by atoms with Crippen molar-refractivity contribution in [1.29, 1.82) is 5.26 Å². The highest BCUT2D eigenvalue weighted by Gasteiger charge is 2.26. The van der Waals surface area contributed by atoms with Crippen molar-refractivity contribution in [2.45, 2.75) is 5.44 Å². The van der Waals surface area contributed by atoms with Crippen LogP contribution in [0, 0.1) is 11.3 Å². The molecule has 1 unspecified atom stereocenters. The molecule has 0 N–H and O–H groups in total. The maximum Gasteiger partial charge on any atom is 0.436 e. The van der Waals surface area contributed by atoms with Crippen molar-refractivity contribution < 1.29 is 9.53 Å². The molecule has 0 radical (unpaired) electrons. The quantitative estimate of drug-likeness (QED) is 0.843. The van der Waals surface area contributed by atoms with E-state index in [9.17, 15) is 4.79 Å². The van der Waals surface area contributed by atoms with E-state index in [1.165, 1.54) is 11.8 Å². The summed E-state index contributed by atoms with van der Waals surface area (Å²) < 4.78 is 5.25. The normalized spacial score (nSPS) is 17.6. The number of nitriles is 1. The van der Waals surface area contributed by atoms with Gasteiger partial charge in [0.2, 0.25) is 0 Å². The lowest BCUT2D eigenvalue weighted by molar-refractivity contribution is 0.146. The molecular weight excluding hydrogens is 284 g/mol. The van der Waals surface area contributed by atoms with E-state index >= 15 is 0 Å². The van der Waals surface area contributed by atoms with Crippen LogP contribution in [-0.4, -0.2) is 11.1 Å². The van der Waals surface area contributed by atoms with Gasteiger partial charge in [0.1, 0.15) is 5.04 Å². The van der Waals surface area contributed by atoms with Crippen LogP contribution in [0.15, 0.2) is 59.6 Å². The summed E-state index contributed by atoms with van der Waals surface area (Å²) in [5, 5.41) is 9.45. The van der Waals surface area contributed by atoms with Crippen LogP contribution in [0.5, 0.6) is 0 Å². The molecule has 3 rings (SSSR count). The number of thioether (sulfide) groups is 1. The maximum absolute atomic E-state index is 11.7. The molecule has 1 aliphatic rings. The van der Waals surface area contributed by atoms with Crippen LogP contribution in [-0.2, 0) is 4.74 Å². The number of ether oxygens (including phenoxy) is 1. The van der Waals surface area contributed by atoms with Crippen molar-refractivity contribution in [3.63, 3.8) is 0 Å². The lowest BCUT2D eigenvalue weighted by Gasteiger charge is -2.21. The van der Waals surface area contributed by atoms with Gasteiger partial charge in [0.25, 0.3) is 0 Å². The van der Waals surface area contributed by atoms with Crippen molar-refractivity contribution in [2.24, 2.45) is 4.99 Å². The fourth-order valence-electron chi connectivity index (χ4n) is 1.92. The molecule has 0 spiro atoms. The minimum atomic E-state index is -0.595. The Bertz CT molecular complexity index is 733. The van der Waals surface area contributed by atoms with Gasteiger partial charge in [0.15, 0.2) is 5.44 Å². The van der Waals surface area contributed by atoms with Gasteiger partial charge in [0, 0.05) is 11.1 Å². The monoisotopic (exact) mass is 294 g/mol. The Balaban J connectivity index is 1.88. The fraction of sp³-hybridized carbons (Fsp3) is 0.0625. The zero-order valence-electron chi connectivity index (χ0n) is 10.9. The molecule has 1 amide bonds. The zero-order valence-corrected chi connectivity index (χ0v) is 11.7. The second-order valence-electron chi connectivity index (χ2n) is 4.35. The first-order valence-corrected chi connectivity index (χ1v) is 7.15. The molecule has 0 bridgehead atoms. The van der Waals surface area contributed by atoms with E-state index in [0.29, 0.717) is 10.6 Å². The Labute approximate surface area is 126 Å². The molecule has 0 aliphatic carbocycles. The smallest absolute Gasteiger partial charge is 0.428 e. The standard InChI is InChI=1S/C16H10N2O2S/c17-10-11-6-8-13(9-7-11)15-20-16(19)18-14(21-15)12-4-2-1-3-5-12/h1-9,15H. The number of rotatable bonds is 2. The summed E-state index contributed by atoms with van der Waals surface area (Å²) in [4.78, 5) is 15.6. The third kappa shape index (κ3) is 2.96. The van der Waals surface area contributed by atoms with Crippen LogP contribution in [0.4, 0.5) is 4.79 Å². The van der Waals surface area contributed by atoms with Gasteiger partial charge in [-0.2, -0.15) is 10.3 Å². The summed E-state index contributed by atoms with van der Waals surface area (Å²) in [6, 6.07) is 18.6. The Morgan fingerprint density at radius 3 is 2.48 bits per heavy atom. The van der Waals surface area contributed by atoms with Crippen molar-refractivity contribution in [3.8, 4) is 6.07 Å². The highest BCUT2D eigenvalue weighted by Crippen LogP contribution is 2.36. The number of aliphatic imine (C=N–C) groups is 1. The number of carbonyl (C=O) groups is 1. The first-order valence-electron chi connectivity index (χ1n) is 6.28. The molecule has 4 nitrogen and oxygen atoms in total. The minimum Gasteiger partial charge on any atom is -0.428 e. The number of cyclic esters (lactones) is 1. The van der Waals surface area contributed by atoms with Crippen LogP contribution in [0.2, 0.25) is 0 Å². The van der Waals surface area contributed by atoms with Crippen LogP contribution in [0.25, 0.3) is 0 Å². The topological polar surface area (TPSA) is 62.4 Å². The molecule has 0 aromatic heterocycles. The Morgan fingerprint density at radius 2 is 1.81 bits per heavy atom. The number of hydrogen-bond acceptors (Lipinski definition) is 4. The van der Waals surface area contributed by atoms with Crippen LogP contribution in [0.1, 0.15) is 22.1 Å². The maximum atomic E-state index is 11.7. The molecule has 5 heteroatoms. The molecule has 0 fully saturated rings. The summed E-state index contributed by atoms with van der Waals surface area (Å²) in [6.45, 7) is 0. The number of nitrogens with zero attached hydrogens (tertiary/aromatic N) is 2. The van der Waals surface area contributed by atoms with Crippen molar-refractivity contribution in [2.75, 3.05) is 0 Å². The van der Waals surface area contributed by atoms with Crippen LogP contribution < -0.4 is 0 Å². The predicted octanol–water partition coefficient (Wildman–Crippen LogP) is 3.89.